The van der Waals surface area contributed by atoms with Gasteiger partial charge >= 0.3 is 6.03 Å². The van der Waals surface area contributed by atoms with Crippen LogP contribution in [0.5, 0.6) is 0 Å². The second-order valence-corrected chi connectivity index (χ2v) is 7.72. The van der Waals surface area contributed by atoms with Crippen LogP contribution in [0.1, 0.15) is 18.4 Å². The summed E-state index contributed by atoms with van der Waals surface area (Å²) in [7, 11) is 3.55. The lowest BCUT2D eigenvalue weighted by molar-refractivity contribution is -0.108. The maximum atomic E-state index is 12.2. The van der Waals surface area contributed by atoms with Crippen LogP contribution in [-0.4, -0.2) is 71.7 Å². The fourth-order valence-electron chi connectivity index (χ4n) is 3.87. The summed E-state index contributed by atoms with van der Waals surface area (Å²) in [6.07, 6.45) is 1.43. The first-order valence-electron chi connectivity index (χ1n) is 8.53. The maximum Gasteiger partial charge on any atom is 0.319 e. The Bertz CT molecular complexity index is 610. The van der Waals surface area contributed by atoms with Crippen molar-refractivity contribution in [3.8, 4) is 0 Å². The zero-order valence-electron chi connectivity index (χ0n) is 14.4. The minimum absolute atomic E-state index is 0.0315. The fraction of sp³-hybridized carbons (Fsp3) is 0.611. The minimum Gasteiger partial charge on any atom is -0.389 e. The Morgan fingerprint density at radius 1 is 1.33 bits per heavy atom. The van der Waals surface area contributed by atoms with E-state index in [9.17, 15) is 9.90 Å². The molecule has 1 N–H and O–H groups in total. The van der Waals surface area contributed by atoms with E-state index in [4.69, 9.17) is 11.6 Å². The highest BCUT2D eigenvalue weighted by molar-refractivity contribution is 6.30. The molecule has 0 saturated carbocycles. The number of rotatable bonds is 2. The van der Waals surface area contributed by atoms with Crippen molar-refractivity contribution in [1.29, 1.82) is 0 Å². The quantitative estimate of drug-likeness (QED) is 0.889. The number of benzene rings is 1. The monoisotopic (exact) mass is 351 g/mol. The molecule has 2 fully saturated rings. The number of hydrogen-bond acceptors (Lipinski definition) is 3. The molecule has 3 rings (SSSR count). The molecule has 24 heavy (non-hydrogen) atoms. The molecule has 6 heteroatoms. The van der Waals surface area contributed by atoms with E-state index >= 15 is 0 Å². The third kappa shape index (κ3) is 3.68. The van der Waals surface area contributed by atoms with E-state index in [1.54, 1.807) is 19.0 Å². The summed E-state index contributed by atoms with van der Waals surface area (Å²) >= 11 is 6.07. The largest absolute Gasteiger partial charge is 0.389 e. The molecule has 2 amide bonds. The van der Waals surface area contributed by atoms with Crippen LogP contribution in [0.15, 0.2) is 24.3 Å². The van der Waals surface area contributed by atoms with Gasteiger partial charge in [-0.2, -0.15) is 0 Å². The molecule has 0 spiro atoms. The van der Waals surface area contributed by atoms with Crippen molar-refractivity contribution in [3.63, 3.8) is 0 Å². The van der Waals surface area contributed by atoms with Gasteiger partial charge in [-0.1, -0.05) is 23.7 Å². The van der Waals surface area contributed by atoms with Crippen LogP contribution in [-0.2, 0) is 6.54 Å². The van der Waals surface area contributed by atoms with Crippen LogP contribution >= 0.6 is 11.6 Å². The zero-order valence-corrected chi connectivity index (χ0v) is 15.2. The van der Waals surface area contributed by atoms with Crippen molar-refractivity contribution in [2.45, 2.75) is 25.0 Å². The van der Waals surface area contributed by atoms with Crippen molar-refractivity contribution in [2.24, 2.45) is 5.92 Å². The van der Waals surface area contributed by atoms with E-state index in [1.807, 2.05) is 23.1 Å². The third-order valence-corrected chi connectivity index (χ3v) is 5.54. The van der Waals surface area contributed by atoms with E-state index < -0.39 is 5.60 Å². The van der Waals surface area contributed by atoms with E-state index in [2.05, 4.69) is 11.0 Å². The number of aliphatic hydroxyl groups is 1. The number of amides is 2. The van der Waals surface area contributed by atoms with Gasteiger partial charge in [-0.3, -0.25) is 4.90 Å². The van der Waals surface area contributed by atoms with Gasteiger partial charge in [0.15, 0.2) is 0 Å². The molecule has 2 heterocycles. The number of fused-ring (bicyclic) bond motifs is 1. The maximum absolute atomic E-state index is 12.2. The molecule has 1 aromatic rings. The molecule has 2 atom stereocenters. The molecule has 132 valence electrons. The number of likely N-dealkylation sites (tertiary alicyclic amines) is 2. The van der Waals surface area contributed by atoms with E-state index in [-0.39, 0.29) is 11.9 Å². The van der Waals surface area contributed by atoms with Gasteiger partial charge in [-0.15, -0.1) is 0 Å². The summed E-state index contributed by atoms with van der Waals surface area (Å²) in [6.45, 7) is 3.77. The number of hydrogen-bond donors (Lipinski definition) is 1. The topological polar surface area (TPSA) is 47.0 Å². The van der Waals surface area contributed by atoms with Crippen LogP contribution < -0.4 is 0 Å². The summed E-state index contributed by atoms with van der Waals surface area (Å²) in [5, 5.41) is 11.7. The number of piperidine rings is 2. The highest BCUT2D eigenvalue weighted by atomic mass is 35.5. The van der Waals surface area contributed by atoms with Gasteiger partial charge in [0.05, 0.1) is 5.60 Å². The van der Waals surface area contributed by atoms with Crippen molar-refractivity contribution < 1.29 is 9.90 Å². The van der Waals surface area contributed by atoms with Crippen LogP contribution in [0.3, 0.4) is 0 Å². The lowest BCUT2D eigenvalue weighted by Gasteiger charge is -2.50. The Morgan fingerprint density at radius 2 is 2.08 bits per heavy atom. The van der Waals surface area contributed by atoms with Gasteiger partial charge in [-0.05, 0) is 30.5 Å². The Kier molecular flexibility index (Phi) is 5.04. The lowest BCUT2D eigenvalue weighted by Crippen LogP contribution is -2.61. The van der Waals surface area contributed by atoms with Gasteiger partial charge in [0.1, 0.15) is 0 Å². The number of urea groups is 1. The van der Waals surface area contributed by atoms with Crippen molar-refractivity contribution in [1.82, 2.24) is 14.7 Å². The SMILES string of the molecule is CN(C)C(=O)N1CC[C@@]2(O)CCN(Cc3cccc(Cl)c3)C[C@H]2C1. The van der Waals surface area contributed by atoms with Crippen LogP contribution in [0.2, 0.25) is 5.02 Å². The first-order chi connectivity index (χ1) is 11.4. The minimum atomic E-state index is -0.631. The summed E-state index contributed by atoms with van der Waals surface area (Å²) in [5.74, 6) is 0.100. The summed E-state index contributed by atoms with van der Waals surface area (Å²) in [6, 6.07) is 7.95. The molecule has 5 nitrogen and oxygen atoms in total. The van der Waals surface area contributed by atoms with E-state index in [0.717, 1.165) is 31.1 Å². The molecule has 2 aliphatic heterocycles. The second kappa shape index (κ2) is 6.90. The molecule has 0 bridgehead atoms. The Balaban J connectivity index is 1.66. The number of halogens is 1. The standard InChI is InChI=1S/C18H26ClN3O2/c1-20(2)17(23)22-9-7-18(24)6-8-21(12-15(18)13-22)11-14-4-3-5-16(19)10-14/h3-5,10,15,24H,6-9,11-13H2,1-2H3/t15-,18-/m0/s1. The van der Waals surface area contributed by atoms with Crippen molar-refractivity contribution in [3.05, 3.63) is 34.9 Å². The first-order valence-corrected chi connectivity index (χ1v) is 8.90. The van der Waals surface area contributed by atoms with Gasteiger partial charge in [-0.25, -0.2) is 4.79 Å². The molecule has 1 aromatic carbocycles. The Labute approximate surface area is 148 Å². The van der Waals surface area contributed by atoms with Gasteiger partial charge < -0.3 is 14.9 Å². The molecular weight excluding hydrogens is 326 g/mol. The second-order valence-electron chi connectivity index (χ2n) is 7.29. The highest BCUT2D eigenvalue weighted by Gasteiger charge is 2.45. The molecule has 0 aliphatic carbocycles. The summed E-state index contributed by atoms with van der Waals surface area (Å²) in [5.41, 5.74) is 0.554. The van der Waals surface area contributed by atoms with Crippen LogP contribution in [0, 0.1) is 5.92 Å². The predicted octanol–water partition coefficient (Wildman–Crippen LogP) is 2.28. The van der Waals surface area contributed by atoms with Crippen molar-refractivity contribution >= 4 is 17.6 Å². The molecule has 2 aliphatic rings. The number of carbonyl (C=O) groups is 1. The highest BCUT2D eigenvalue weighted by Crippen LogP contribution is 2.36. The summed E-state index contributed by atoms with van der Waals surface area (Å²) in [4.78, 5) is 18.1. The van der Waals surface area contributed by atoms with Crippen LogP contribution in [0.25, 0.3) is 0 Å². The van der Waals surface area contributed by atoms with Crippen molar-refractivity contribution in [2.75, 3.05) is 40.3 Å². The molecule has 0 aromatic heterocycles. The third-order valence-electron chi connectivity index (χ3n) is 5.30. The van der Waals surface area contributed by atoms with Gasteiger partial charge in [0, 0.05) is 57.8 Å². The normalized spacial score (nSPS) is 27.7. The van der Waals surface area contributed by atoms with E-state index in [0.29, 0.717) is 19.5 Å². The lowest BCUT2D eigenvalue weighted by atomic mass is 9.75. The average Bonchev–Trinajstić information content (AvgIpc) is 2.54. The molecule has 2 saturated heterocycles. The summed E-state index contributed by atoms with van der Waals surface area (Å²) < 4.78 is 0. The molecule has 0 unspecified atom stereocenters. The van der Waals surface area contributed by atoms with E-state index in [1.165, 1.54) is 5.56 Å². The Hall–Kier alpha value is -1.30. The van der Waals surface area contributed by atoms with Crippen LogP contribution in [0.4, 0.5) is 4.79 Å². The molecule has 0 radical (unpaired) electrons. The fourth-order valence-corrected chi connectivity index (χ4v) is 4.08. The first kappa shape index (κ1) is 17.5. The smallest absolute Gasteiger partial charge is 0.319 e. The Morgan fingerprint density at radius 3 is 2.79 bits per heavy atom. The van der Waals surface area contributed by atoms with Gasteiger partial charge in [0.25, 0.3) is 0 Å². The number of nitrogens with zero attached hydrogens (tertiary/aromatic N) is 3. The molecular formula is C18H26ClN3O2. The average molecular weight is 352 g/mol. The number of carbonyl (C=O) groups excluding carboxylic acids is 1. The van der Waals surface area contributed by atoms with Gasteiger partial charge in [0.2, 0.25) is 0 Å². The predicted molar refractivity (Wildman–Crippen MR) is 95.1 cm³/mol. The zero-order chi connectivity index (χ0) is 17.3.